The standard InChI is InChI=1S/C24H22F3N5O5.ClH/c1-23(2,24(25,26)27)19-11-20(32-37-19)31-22(33)30-13-6-5-7-14(8-13)36-21-15-9-17(34-3)18(35-4)10-16(15)28-12-29-21;/h5-12H,1-4H3,(H2,30,31,32,33);1H/i22-1;. The molecule has 14 heteroatoms. The van der Waals surface area contributed by atoms with Crippen LogP contribution >= 0.6 is 12.4 Å². The highest BCUT2D eigenvalue weighted by atomic mass is 35.5. The molecule has 0 bridgehead atoms. The van der Waals surface area contributed by atoms with Crippen LogP contribution < -0.4 is 24.8 Å². The quantitative estimate of drug-likeness (QED) is 0.273. The van der Waals surface area contributed by atoms with Gasteiger partial charge in [-0.1, -0.05) is 11.2 Å². The van der Waals surface area contributed by atoms with Crippen molar-refractivity contribution in [1.82, 2.24) is 15.1 Å². The number of urea groups is 1. The van der Waals surface area contributed by atoms with Crippen LogP contribution in [0.3, 0.4) is 0 Å². The molecule has 0 aliphatic carbocycles. The first-order valence-corrected chi connectivity index (χ1v) is 10.8. The van der Waals surface area contributed by atoms with Crippen molar-refractivity contribution in [2.45, 2.75) is 25.4 Å². The summed E-state index contributed by atoms with van der Waals surface area (Å²) in [6, 6.07) is 10.1. The zero-order valence-corrected chi connectivity index (χ0v) is 21.4. The van der Waals surface area contributed by atoms with E-state index in [1.54, 1.807) is 30.3 Å². The number of carbonyl (C=O) groups is 1. The Bertz CT molecular complexity index is 1440. The van der Waals surface area contributed by atoms with Gasteiger partial charge in [0.05, 0.1) is 25.1 Å². The lowest BCUT2D eigenvalue weighted by Gasteiger charge is -2.24. The minimum atomic E-state index is -4.56. The Balaban J connectivity index is 0.00000400. The van der Waals surface area contributed by atoms with Crippen molar-refractivity contribution in [1.29, 1.82) is 0 Å². The van der Waals surface area contributed by atoms with Crippen molar-refractivity contribution in [2.75, 3.05) is 24.9 Å². The second-order valence-corrected chi connectivity index (χ2v) is 8.31. The van der Waals surface area contributed by atoms with Crippen LogP contribution in [-0.2, 0) is 5.41 Å². The van der Waals surface area contributed by atoms with E-state index in [-0.39, 0.29) is 24.1 Å². The van der Waals surface area contributed by atoms with Crippen LogP contribution in [0, 0.1) is 0 Å². The molecule has 2 aromatic carbocycles. The van der Waals surface area contributed by atoms with Gasteiger partial charge in [0.1, 0.15) is 17.5 Å². The summed E-state index contributed by atoms with van der Waals surface area (Å²) in [5, 5.41) is 8.97. The van der Waals surface area contributed by atoms with Crippen molar-refractivity contribution >= 4 is 40.8 Å². The molecule has 0 atom stereocenters. The van der Waals surface area contributed by atoms with Crippen molar-refractivity contribution in [3.63, 3.8) is 0 Å². The van der Waals surface area contributed by atoms with Gasteiger partial charge >= 0.3 is 12.2 Å². The second kappa shape index (κ2) is 11.0. The molecule has 4 rings (SSSR count). The van der Waals surface area contributed by atoms with Crippen LogP contribution in [0.25, 0.3) is 10.9 Å². The summed E-state index contributed by atoms with van der Waals surface area (Å²) >= 11 is 0. The van der Waals surface area contributed by atoms with Gasteiger partial charge in [-0.2, -0.15) is 13.2 Å². The van der Waals surface area contributed by atoms with Crippen LogP contribution in [0.15, 0.2) is 53.3 Å². The zero-order valence-electron chi connectivity index (χ0n) is 20.5. The Morgan fingerprint density at radius 2 is 1.68 bits per heavy atom. The van der Waals surface area contributed by atoms with E-state index in [0.717, 1.165) is 19.9 Å². The first-order valence-electron chi connectivity index (χ1n) is 10.8. The molecule has 2 heterocycles. The van der Waals surface area contributed by atoms with Crippen LogP contribution in [0.4, 0.5) is 29.5 Å². The van der Waals surface area contributed by atoms with Crippen molar-refractivity contribution in [3.05, 3.63) is 54.6 Å². The maximum atomic E-state index is 13.2. The number of ether oxygens (including phenoxy) is 3. The fraction of sp³-hybridized carbons (Fsp3) is 0.250. The molecule has 0 spiro atoms. The number of anilines is 2. The van der Waals surface area contributed by atoms with Gasteiger partial charge in [0.2, 0.25) is 5.88 Å². The maximum absolute atomic E-state index is 13.2. The molecular formula is C24H23ClF3N5O5. The predicted octanol–water partition coefficient (Wildman–Crippen LogP) is 6.33. The van der Waals surface area contributed by atoms with Crippen LogP contribution in [0.1, 0.15) is 19.6 Å². The topological polar surface area (TPSA) is 121 Å². The van der Waals surface area contributed by atoms with E-state index >= 15 is 0 Å². The molecule has 0 saturated heterocycles. The van der Waals surface area contributed by atoms with Gasteiger partial charge in [-0.05, 0) is 32.0 Å². The highest BCUT2D eigenvalue weighted by molar-refractivity contribution is 5.99. The largest absolute Gasteiger partial charge is 0.493 e. The van der Waals surface area contributed by atoms with E-state index < -0.39 is 23.4 Å². The molecule has 38 heavy (non-hydrogen) atoms. The van der Waals surface area contributed by atoms with Crippen molar-refractivity contribution in [2.24, 2.45) is 0 Å². The Labute approximate surface area is 220 Å². The molecule has 0 saturated carbocycles. The van der Waals surface area contributed by atoms with Crippen molar-refractivity contribution in [3.8, 4) is 23.1 Å². The Morgan fingerprint density at radius 3 is 2.37 bits per heavy atom. The number of halogens is 4. The number of alkyl halides is 3. The first kappa shape index (κ1) is 28.3. The lowest BCUT2D eigenvalue weighted by molar-refractivity contribution is -0.185. The number of hydrogen-bond donors (Lipinski definition) is 2. The number of benzene rings is 2. The van der Waals surface area contributed by atoms with Gasteiger partial charge in [-0.3, -0.25) is 5.32 Å². The summed E-state index contributed by atoms with van der Waals surface area (Å²) in [5.74, 6) is 0.957. The average molecular weight is 553 g/mol. The highest BCUT2D eigenvalue weighted by Gasteiger charge is 2.51. The normalized spacial score (nSPS) is 11.4. The third-order valence-corrected chi connectivity index (χ3v) is 5.49. The van der Waals surface area contributed by atoms with Gasteiger partial charge in [-0.25, -0.2) is 14.8 Å². The van der Waals surface area contributed by atoms with E-state index in [9.17, 15) is 18.0 Å². The number of nitrogens with one attached hydrogen (secondary N) is 2. The first-order chi connectivity index (χ1) is 17.5. The number of methoxy groups -OCH3 is 2. The number of amides is 2. The molecule has 2 N–H and O–H groups in total. The summed E-state index contributed by atoms with van der Waals surface area (Å²) in [6.45, 7) is 1.91. The van der Waals surface area contributed by atoms with Gasteiger partial charge in [0.25, 0.3) is 0 Å². The lowest BCUT2D eigenvalue weighted by Crippen LogP contribution is -2.35. The molecular weight excluding hydrogens is 530 g/mol. The van der Waals surface area contributed by atoms with Gasteiger partial charge in [0, 0.05) is 23.9 Å². The summed E-state index contributed by atoms with van der Waals surface area (Å²) in [5.41, 5.74) is -1.37. The van der Waals surface area contributed by atoms with E-state index in [1.807, 2.05) is 0 Å². The number of fused-ring (bicyclic) bond motifs is 1. The van der Waals surface area contributed by atoms with Crippen molar-refractivity contribution < 1.29 is 36.7 Å². The van der Waals surface area contributed by atoms with Gasteiger partial charge < -0.3 is 24.1 Å². The Morgan fingerprint density at radius 1 is 0.974 bits per heavy atom. The van der Waals surface area contributed by atoms with Crippen LogP contribution in [-0.4, -0.2) is 41.6 Å². The molecule has 0 unspecified atom stereocenters. The van der Waals surface area contributed by atoms with E-state index in [2.05, 4.69) is 25.8 Å². The predicted molar refractivity (Wildman–Crippen MR) is 135 cm³/mol. The monoisotopic (exact) mass is 552 g/mol. The molecule has 2 aromatic heterocycles. The minimum absolute atomic E-state index is 0. The SMILES string of the molecule is COc1cc2ncnc(Oc3cccc(N[11C](=O)Nc4cc(C(C)(C)C(F)(F)F)on4)c3)c2cc1OC.Cl. The second-order valence-electron chi connectivity index (χ2n) is 8.31. The molecule has 0 aliphatic rings. The highest BCUT2D eigenvalue weighted by Crippen LogP contribution is 2.41. The number of nitrogens with zero attached hydrogens (tertiary/aromatic N) is 3. The molecule has 10 nitrogen and oxygen atoms in total. The smallest absolute Gasteiger partial charge is 0.401 e. The number of aromatic nitrogens is 3. The average Bonchev–Trinajstić information content (AvgIpc) is 3.32. The van der Waals surface area contributed by atoms with Crippen LogP contribution in [0.5, 0.6) is 23.1 Å². The van der Waals surface area contributed by atoms with Crippen LogP contribution in [0.2, 0.25) is 0 Å². The molecule has 202 valence electrons. The maximum Gasteiger partial charge on any atom is 0.401 e. The summed E-state index contributed by atoms with van der Waals surface area (Å²) in [6.07, 6.45) is -3.22. The summed E-state index contributed by atoms with van der Waals surface area (Å²) in [7, 11) is 3.02. The fourth-order valence-electron chi connectivity index (χ4n) is 3.24. The Kier molecular flexibility index (Phi) is 8.20. The van der Waals surface area contributed by atoms with Gasteiger partial charge in [0.15, 0.2) is 23.1 Å². The van der Waals surface area contributed by atoms with Gasteiger partial charge in [-0.15, -0.1) is 12.4 Å². The minimum Gasteiger partial charge on any atom is -0.493 e. The fourth-order valence-corrected chi connectivity index (χ4v) is 3.24. The van der Waals surface area contributed by atoms with E-state index in [4.69, 9.17) is 18.7 Å². The molecule has 0 radical (unpaired) electrons. The number of hydrogen-bond acceptors (Lipinski definition) is 8. The molecule has 0 fully saturated rings. The molecule has 0 aliphatic heterocycles. The van der Waals surface area contributed by atoms with E-state index in [1.165, 1.54) is 26.6 Å². The zero-order chi connectivity index (χ0) is 26.8. The summed E-state index contributed by atoms with van der Waals surface area (Å²) in [4.78, 5) is 20.8. The third kappa shape index (κ3) is 5.83. The number of rotatable bonds is 7. The Hall–Kier alpha value is -4.26. The lowest BCUT2D eigenvalue weighted by atomic mass is 9.89. The van der Waals surface area contributed by atoms with E-state index in [0.29, 0.717) is 33.8 Å². The summed E-state index contributed by atoms with van der Waals surface area (Å²) < 4.78 is 61.0. The number of carbonyl (C=O) groups excluding carboxylic acids is 1. The molecule has 4 aromatic rings. The third-order valence-electron chi connectivity index (χ3n) is 5.49. The molecule has 2 amide bonds.